The quantitative estimate of drug-likeness (QED) is 0.805. The first-order valence-corrected chi connectivity index (χ1v) is 6.27. The molecule has 0 saturated heterocycles. The van der Waals surface area contributed by atoms with Crippen LogP contribution in [0.2, 0.25) is 0 Å². The minimum Gasteiger partial charge on any atom is -0.304 e. The zero-order chi connectivity index (χ0) is 10.2. The largest absolute Gasteiger partial charge is 0.304 e. The van der Waals surface area contributed by atoms with Crippen molar-refractivity contribution < 1.29 is 0 Å². The molecule has 78 valence electrons. The Morgan fingerprint density at radius 1 is 1.43 bits per heavy atom. The second kappa shape index (κ2) is 3.67. The summed E-state index contributed by atoms with van der Waals surface area (Å²) in [6.45, 7) is 6.89. The second-order valence-electron chi connectivity index (χ2n) is 5.02. The molecule has 0 aromatic carbocycles. The standard InChI is InChI=1S/C12H19NS/c1-9-7-10(8-9)13-12(2,3)11-5-4-6-14-11/h4-6,9-10,13H,7-8H2,1-3H3. The van der Waals surface area contributed by atoms with Gasteiger partial charge in [0.05, 0.1) is 0 Å². The minimum atomic E-state index is 0.152. The minimum absolute atomic E-state index is 0.152. The molecule has 2 heteroatoms. The van der Waals surface area contributed by atoms with Crippen LogP contribution in [0.3, 0.4) is 0 Å². The van der Waals surface area contributed by atoms with E-state index in [2.05, 4.69) is 43.6 Å². The zero-order valence-electron chi connectivity index (χ0n) is 9.21. The van der Waals surface area contributed by atoms with Crippen LogP contribution in [-0.2, 0) is 5.54 Å². The lowest BCUT2D eigenvalue weighted by Gasteiger charge is -2.39. The van der Waals surface area contributed by atoms with E-state index in [1.54, 1.807) is 0 Å². The number of hydrogen-bond donors (Lipinski definition) is 1. The lowest BCUT2D eigenvalue weighted by atomic mass is 9.80. The summed E-state index contributed by atoms with van der Waals surface area (Å²) in [6, 6.07) is 5.09. The highest BCUT2D eigenvalue weighted by Gasteiger charge is 2.31. The third kappa shape index (κ3) is 2.01. The molecule has 1 aromatic heterocycles. The van der Waals surface area contributed by atoms with Gasteiger partial charge in [0.1, 0.15) is 0 Å². The van der Waals surface area contributed by atoms with Crippen LogP contribution in [0.5, 0.6) is 0 Å². The highest BCUT2D eigenvalue weighted by molar-refractivity contribution is 7.10. The van der Waals surface area contributed by atoms with E-state index in [1.807, 2.05) is 11.3 Å². The van der Waals surface area contributed by atoms with Crippen LogP contribution in [0.1, 0.15) is 38.5 Å². The monoisotopic (exact) mass is 209 g/mol. The maximum atomic E-state index is 3.74. The van der Waals surface area contributed by atoms with Gasteiger partial charge in [-0.1, -0.05) is 13.0 Å². The van der Waals surface area contributed by atoms with Gasteiger partial charge in [-0.3, -0.25) is 0 Å². The Hall–Kier alpha value is -0.340. The molecule has 1 fully saturated rings. The summed E-state index contributed by atoms with van der Waals surface area (Å²) in [5.41, 5.74) is 0.152. The SMILES string of the molecule is CC1CC(NC(C)(C)c2cccs2)C1. The molecule has 0 atom stereocenters. The fourth-order valence-electron chi connectivity index (χ4n) is 2.24. The molecule has 0 amide bonds. The van der Waals surface area contributed by atoms with Crippen LogP contribution in [0.25, 0.3) is 0 Å². The first kappa shape index (κ1) is 10.2. The normalized spacial score (nSPS) is 27.4. The van der Waals surface area contributed by atoms with Gasteiger partial charge in [0.2, 0.25) is 0 Å². The van der Waals surface area contributed by atoms with Crippen LogP contribution in [0.15, 0.2) is 17.5 Å². The Labute approximate surface area is 90.5 Å². The summed E-state index contributed by atoms with van der Waals surface area (Å²) < 4.78 is 0. The Morgan fingerprint density at radius 3 is 2.64 bits per heavy atom. The van der Waals surface area contributed by atoms with E-state index in [9.17, 15) is 0 Å². The first-order valence-electron chi connectivity index (χ1n) is 5.39. The molecule has 1 heterocycles. The Balaban J connectivity index is 1.96. The average Bonchev–Trinajstić information content (AvgIpc) is 2.52. The fraction of sp³-hybridized carbons (Fsp3) is 0.667. The molecule has 0 unspecified atom stereocenters. The third-order valence-corrected chi connectivity index (χ3v) is 4.27. The molecular weight excluding hydrogens is 190 g/mol. The van der Waals surface area contributed by atoms with Gasteiger partial charge in [-0.2, -0.15) is 0 Å². The highest BCUT2D eigenvalue weighted by atomic mass is 32.1. The van der Waals surface area contributed by atoms with Crippen LogP contribution in [0, 0.1) is 5.92 Å². The lowest BCUT2D eigenvalue weighted by molar-refractivity contribution is 0.193. The summed E-state index contributed by atoms with van der Waals surface area (Å²) in [7, 11) is 0. The van der Waals surface area contributed by atoms with Crippen LogP contribution in [-0.4, -0.2) is 6.04 Å². The molecule has 0 bridgehead atoms. The molecule has 0 radical (unpaired) electrons. The van der Waals surface area contributed by atoms with E-state index in [1.165, 1.54) is 17.7 Å². The van der Waals surface area contributed by atoms with E-state index in [0.29, 0.717) is 0 Å². The van der Waals surface area contributed by atoms with Crippen molar-refractivity contribution in [3.63, 3.8) is 0 Å². The molecule has 1 saturated carbocycles. The molecule has 0 aliphatic heterocycles. The molecule has 0 spiro atoms. The van der Waals surface area contributed by atoms with Crippen molar-refractivity contribution in [2.45, 2.75) is 45.2 Å². The molecule has 1 N–H and O–H groups in total. The van der Waals surface area contributed by atoms with Crippen molar-refractivity contribution in [3.05, 3.63) is 22.4 Å². The van der Waals surface area contributed by atoms with Gasteiger partial charge in [0.15, 0.2) is 0 Å². The van der Waals surface area contributed by atoms with Crippen molar-refractivity contribution in [3.8, 4) is 0 Å². The Bertz CT molecular complexity index is 283. The van der Waals surface area contributed by atoms with E-state index < -0.39 is 0 Å². The molecular formula is C12H19NS. The van der Waals surface area contributed by atoms with E-state index in [-0.39, 0.29) is 5.54 Å². The maximum Gasteiger partial charge on any atom is 0.0473 e. The van der Waals surface area contributed by atoms with Gasteiger partial charge in [-0.05, 0) is 44.1 Å². The number of nitrogens with one attached hydrogen (secondary N) is 1. The predicted molar refractivity (Wildman–Crippen MR) is 62.7 cm³/mol. The highest BCUT2D eigenvalue weighted by Crippen LogP contribution is 2.32. The van der Waals surface area contributed by atoms with Gasteiger partial charge in [-0.15, -0.1) is 11.3 Å². The van der Waals surface area contributed by atoms with Gasteiger partial charge >= 0.3 is 0 Å². The van der Waals surface area contributed by atoms with Crippen molar-refractivity contribution in [2.24, 2.45) is 5.92 Å². The molecule has 1 aliphatic carbocycles. The number of rotatable bonds is 3. The maximum absolute atomic E-state index is 3.74. The molecule has 1 aromatic rings. The van der Waals surface area contributed by atoms with Gasteiger partial charge in [0, 0.05) is 16.5 Å². The number of thiophene rings is 1. The summed E-state index contributed by atoms with van der Waals surface area (Å²) in [5, 5.41) is 5.89. The molecule has 1 nitrogen and oxygen atoms in total. The van der Waals surface area contributed by atoms with E-state index in [4.69, 9.17) is 0 Å². The van der Waals surface area contributed by atoms with Crippen molar-refractivity contribution >= 4 is 11.3 Å². The molecule has 14 heavy (non-hydrogen) atoms. The van der Waals surface area contributed by atoms with Crippen LogP contribution >= 0.6 is 11.3 Å². The van der Waals surface area contributed by atoms with Crippen molar-refractivity contribution in [2.75, 3.05) is 0 Å². The van der Waals surface area contributed by atoms with Crippen LogP contribution < -0.4 is 5.32 Å². The summed E-state index contributed by atoms with van der Waals surface area (Å²) in [4.78, 5) is 1.44. The Morgan fingerprint density at radius 2 is 2.14 bits per heavy atom. The summed E-state index contributed by atoms with van der Waals surface area (Å²) >= 11 is 1.84. The van der Waals surface area contributed by atoms with E-state index in [0.717, 1.165) is 12.0 Å². The summed E-state index contributed by atoms with van der Waals surface area (Å²) in [5.74, 6) is 0.923. The zero-order valence-corrected chi connectivity index (χ0v) is 10.0. The Kier molecular flexibility index (Phi) is 2.67. The smallest absolute Gasteiger partial charge is 0.0473 e. The van der Waals surface area contributed by atoms with Gasteiger partial charge in [-0.25, -0.2) is 0 Å². The summed E-state index contributed by atoms with van der Waals surface area (Å²) in [6.07, 6.45) is 2.68. The lowest BCUT2D eigenvalue weighted by Crippen LogP contribution is -2.49. The van der Waals surface area contributed by atoms with Gasteiger partial charge in [0.25, 0.3) is 0 Å². The topological polar surface area (TPSA) is 12.0 Å². The van der Waals surface area contributed by atoms with Crippen molar-refractivity contribution in [1.82, 2.24) is 5.32 Å². The third-order valence-electron chi connectivity index (χ3n) is 3.08. The molecule has 2 rings (SSSR count). The van der Waals surface area contributed by atoms with E-state index >= 15 is 0 Å². The second-order valence-corrected chi connectivity index (χ2v) is 5.97. The average molecular weight is 209 g/mol. The van der Waals surface area contributed by atoms with Gasteiger partial charge < -0.3 is 5.32 Å². The predicted octanol–water partition coefficient (Wildman–Crippen LogP) is 3.37. The van der Waals surface area contributed by atoms with Crippen LogP contribution in [0.4, 0.5) is 0 Å². The molecule has 1 aliphatic rings. The van der Waals surface area contributed by atoms with Crippen molar-refractivity contribution in [1.29, 1.82) is 0 Å². The first-order chi connectivity index (χ1) is 6.58. The number of hydrogen-bond acceptors (Lipinski definition) is 2. The fourth-order valence-corrected chi connectivity index (χ4v) is 3.05.